The zero-order valence-corrected chi connectivity index (χ0v) is 9.61. The second kappa shape index (κ2) is 3.69. The Labute approximate surface area is 102 Å². The Morgan fingerprint density at radius 1 is 1.39 bits per heavy atom. The van der Waals surface area contributed by atoms with Crippen LogP contribution in [0.3, 0.4) is 0 Å². The van der Waals surface area contributed by atoms with Gasteiger partial charge in [-0.1, -0.05) is 6.07 Å². The summed E-state index contributed by atoms with van der Waals surface area (Å²) in [6.07, 6.45) is 5.08. The van der Waals surface area contributed by atoms with Gasteiger partial charge in [0.2, 0.25) is 0 Å². The first kappa shape index (κ1) is 10.5. The number of hydrogen-bond donors (Lipinski definition) is 1. The first-order valence-corrected chi connectivity index (χ1v) is 5.39. The van der Waals surface area contributed by atoms with Crippen LogP contribution in [0.15, 0.2) is 36.8 Å². The molecule has 0 aromatic carbocycles. The van der Waals surface area contributed by atoms with Crippen molar-refractivity contribution in [3.8, 4) is 5.82 Å². The minimum atomic E-state index is -1.03. The Kier molecular flexibility index (Phi) is 2.16. The van der Waals surface area contributed by atoms with Crippen LogP contribution in [-0.2, 0) is 0 Å². The van der Waals surface area contributed by atoms with Crippen LogP contribution >= 0.6 is 0 Å². The molecule has 0 saturated heterocycles. The fourth-order valence-corrected chi connectivity index (χ4v) is 1.87. The Morgan fingerprint density at radius 2 is 2.22 bits per heavy atom. The SMILES string of the molecule is Cc1cnn(-c2nc3ccccn3c2C(=O)O)c1. The molecule has 0 saturated carbocycles. The number of hydrogen-bond acceptors (Lipinski definition) is 3. The molecular formula is C12H10N4O2. The minimum absolute atomic E-state index is 0.105. The topological polar surface area (TPSA) is 72.4 Å². The van der Waals surface area contributed by atoms with E-state index in [2.05, 4.69) is 10.1 Å². The van der Waals surface area contributed by atoms with Crippen LogP contribution in [0.25, 0.3) is 11.5 Å². The molecule has 3 heterocycles. The molecule has 18 heavy (non-hydrogen) atoms. The van der Waals surface area contributed by atoms with Crippen LogP contribution in [-0.4, -0.2) is 30.2 Å². The molecule has 0 unspecified atom stereocenters. The molecule has 6 nitrogen and oxygen atoms in total. The highest BCUT2D eigenvalue weighted by atomic mass is 16.4. The molecule has 0 atom stereocenters. The van der Waals surface area contributed by atoms with Crippen molar-refractivity contribution in [3.63, 3.8) is 0 Å². The number of nitrogens with zero attached hydrogens (tertiary/aromatic N) is 4. The molecule has 3 rings (SSSR count). The predicted molar refractivity (Wildman–Crippen MR) is 64.0 cm³/mol. The molecule has 0 bridgehead atoms. The van der Waals surface area contributed by atoms with Crippen molar-refractivity contribution >= 4 is 11.6 Å². The van der Waals surface area contributed by atoms with Gasteiger partial charge in [-0.3, -0.25) is 4.40 Å². The molecule has 6 heteroatoms. The molecule has 0 aliphatic carbocycles. The molecule has 3 aromatic rings. The monoisotopic (exact) mass is 242 g/mol. The van der Waals surface area contributed by atoms with E-state index in [-0.39, 0.29) is 5.69 Å². The third kappa shape index (κ3) is 1.46. The average Bonchev–Trinajstić information content (AvgIpc) is 2.91. The summed E-state index contributed by atoms with van der Waals surface area (Å²) in [5.41, 5.74) is 1.63. The molecule has 3 aromatic heterocycles. The summed E-state index contributed by atoms with van der Waals surface area (Å²) in [6, 6.07) is 5.33. The second-order valence-corrected chi connectivity index (χ2v) is 3.98. The fourth-order valence-electron chi connectivity index (χ4n) is 1.87. The van der Waals surface area contributed by atoms with E-state index in [1.54, 1.807) is 30.7 Å². The highest BCUT2D eigenvalue weighted by molar-refractivity contribution is 5.90. The van der Waals surface area contributed by atoms with Crippen molar-refractivity contribution in [2.75, 3.05) is 0 Å². The number of pyridine rings is 1. The maximum atomic E-state index is 11.4. The number of imidazole rings is 1. The summed E-state index contributed by atoms with van der Waals surface area (Å²) in [6.45, 7) is 1.89. The van der Waals surface area contributed by atoms with Crippen molar-refractivity contribution in [2.24, 2.45) is 0 Å². The predicted octanol–water partition coefficient (Wildman–Crippen LogP) is 1.53. The van der Waals surface area contributed by atoms with E-state index < -0.39 is 5.97 Å². The van der Waals surface area contributed by atoms with Gasteiger partial charge in [0, 0.05) is 12.4 Å². The van der Waals surface area contributed by atoms with Crippen LogP contribution < -0.4 is 0 Å². The van der Waals surface area contributed by atoms with Crippen molar-refractivity contribution in [3.05, 3.63) is 48.0 Å². The number of fused-ring (bicyclic) bond motifs is 1. The molecule has 0 spiro atoms. The Bertz CT molecular complexity index is 741. The van der Waals surface area contributed by atoms with Gasteiger partial charge in [0.1, 0.15) is 5.65 Å². The van der Waals surface area contributed by atoms with Crippen LogP contribution in [0.1, 0.15) is 16.1 Å². The van der Waals surface area contributed by atoms with Crippen LogP contribution in [0.2, 0.25) is 0 Å². The lowest BCUT2D eigenvalue weighted by Gasteiger charge is -1.99. The lowest BCUT2D eigenvalue weighted by atomic mass is 10.4. The third-order valence-electron chi connectivity index (χ3n) is 2.64. The first-order valence-electron chi connectivity index (χ1n) is 5.39. The number of aromatic carboxylic acids is 1. The van der Waals surface area contributed by atoms with Gasteiger partial charge in [-0.2, -0.15) is 5.10 Å². The largest absolute Gasteiger partial charge is 0.476 e. The van der Waals surface area contributed by atoms with Crippen molar-refractivity contribution in [1.29, 1.82) is 0 Å². The van der Waals surface area contributed by atoms with Gasteiger partial charge in [0.05, 0.1) is 6.20 Å². The van der Waals surface area contributed by atoms with Gasteiger partial charge >= 0.3 is 5.97 Å². The molecule has 90 valence electrons. The molecule has 1 N–H and O–H groups in total. The molecule has 0 aliphatic rings. The van der Waals surface area contributed by atoms with Crippen molar-refractivity contribution in [2.45, 2.75) is 6.92 Å². The lowest BCUT2D eigenvalue weighted by Crippen LogP contribution is -2.07. The standard InChI is InChI=1S/C12H10N4O2/c1-8-6-13-16(7-8)11-10(12(17)18)15-5-3-2-4-9(15)14-11/h2-7H,1H3,(H,17,18). The fraction of sp³-hybridized carbons (Fsp3) is 0.0833. The molecular weight excluding hydrogens is 232 g/mol. The maximum absolute atomic E-state index is 11.4. The van der Waals surface area contributed by atoms with Crippen LogP contribution in [0.4, 0.5) is 0 Å². The van der Waals surface area contributed by atoms with Gasteiger partial charge in [-0.25, -0.2) is 14.5 Å². The number of aromatic nitrogens is 4. The van der Waals surface area contributed by atoms with Crippen molar-refractivity contribution in [1.82, 2.24) is 19.2 Å². The summed E-state index contributed by atoms with van der Waals surface area (Å²) in [7, 11) is 0. The first-order chi connectivity index (χ1) is 8.66. The van der Waals surface area contributed by atoms with Crippen molar-refractivity contribution < 1.29 is 9.90 Å². The van der Waals surface area contributed by atoms with Gasteiger partial charge in [0.15, 0.2) is 11.5 Å². The van der Waals surface area contributed by atoms with Crippen LogP contribution in [0, 0.1) is 6.92 Å². The van der Waals surface area contributed by atoms with Gasteiger partial charge < -0.3 is 5.11 Å². The Hall–Kier alpha value is -2.63. The van der Waals surface area contributed by atoms with Gasteiger partial charge in [0.25, 0.3) is 0 Å². The van der Waals surface area contributed by atoms with E-state index in [4.69, 9.17) is 0 Å². The summed E-state index contributed by atoms with van der Waals surface area (Å²) in [5.74, 6) is -0.710. The Morgan fingerprint density at radius 3 is 2.89 bits per heavy atom. The maximum Gasteiger partial charge on any atom is 0.356 e. The smallest absolute Gasteiger partial charge is 0.356 e. The van der Waals surface area contributed by atoms with Gasteiger partial charge in [-0.05, 0) is 24.6 Å². The summed E-state index contributed by atoms with van der Waals surface area (Å²) in [5, 5.41) is 13.4. The summed E-state index contributed by atoms with van der Waals surface area (Å²) < 4.78 is 3.01. The van der Waals surface area contributed by atoms with E-state index in [0.717, 1.165) is 5.56 Å². The minimum Gasteiger partial charge on any atom is -0.476 e. The molecule has 0 fully saturated rings. The number of carboxylic acid groups (broad SMARTS) is 1. The molecule has 0 amide bonds. The Balaban J connectivity index is 2.34. The number of carbonyl (C=O) groups is 1. The third-order valence-corrected chi connectivity index (χ3v) is 2.64. The molecule has 0 aliphatic heterocycles. The van der Waals surface area contributed by atoms with E-state index in [0.29, 0.717) is 11.5 Å². The second-order valence-electron chi connectivity index (χ2n) is 3.98. The summed E-state index contributed by atoms with van der Waals surface area (Å²) >= 11 is 0. The normalized spacial score (nSPS) is 10.9. The van der Waals surface area contributed by atoms with E-state index >= 15 is 0 Å². The lowest BCUT2D eigenvalue weighted by molar-refractivity contribution is 0.0689. The van der Waals surface area contributed by atoms with Crippen LogP contribution in [0.5, 0.6) is 0 Å². The number of aryl methyl sites for hydroxylation is 1. The average molecular weight is 242 g/mol. The molecule has 0 radical (unpaired) electrons. The highest BCUT2D eigenvalue weighted by Gasteiger charge is 2.20. The van der Waals surface area contributed by atoms with E-state index in [9.17, 15) is 9.90 Å². The zero-order valence-electron chi connectivity index (χ0n) is 9.61. The number of rotatable bonds is 2. The number of carboxylic acids is 1. The quantitative estimate of drug-likeness (QED) is 0.739. The summed E-state index contributed by atoms with van der Waals surface area (Å²) in [4.78, 5) is 15.7. The van der Waals surface area contributed by atoms with E-state index in [1.807, 2.05) is 13.0 Å². The van der Waals surface area contributed by atoms with E-state index in [1.165, 1.54) is 9.08 Å². The zero-order chi connectivity index (χ0) is 12.7. The van der Waals surface area contributed by atoms with Gasteiger partial charge in [-0.15, -0.1) is 0 Å². The highest BCUT2D eigenvalue weighted by Crippen LogP contribution is 2.16.